The monoisotopic (exact) mass is 657 g/mol. The molecule has 1 saturated carbocycles. The summed E-state index contributed by atoms with van der Waals surface area (Å²) in [4.78, 5) is 11.8. The number of rotatable bonds is 14. The van der Waals surface area contributed by atoms with Crippen LogP contribution in [-0.4, -0.2) is 103 Å². The van der Waals surface area contributed by atoms with Crippen LogP contribution in [0.4, 0.5) is 11.6 Å². The molecule has 3 aromatic heterocycles. The number of ether oxygens (including phenoxy) is 4. The molecule has 0 unspecified atom stereocenters. The summed E-state index contributed by atoms with van der Waals surface area (Å²) < 4.78 is 27.0. The highest BCUT2D eigenvalue weighted by Gasteiger charge is 2.29. The van der Waals surface area contributed by atoms with Gasteiger partial charge < -0.3 is 24.3 Å². The number of hydrogen-bond acceptors (Lipinski definition) is 13. The second-order valence-corrected chi connectivity index (χ2v) is 12.4. The van der Waals surface area contributed by atoms with Gasteiger partial charge in [-0.2, -0.15) is 5.26 Å². The lowest BCUT2D eigenvalue weighted by molar-refractivity contribution is 0.00501. The van der Waals surface area contributed by atoms with Crippen molar-refractivity contribution < 1.29 is 18.9 Å². The third-order valence-electron chi connectivity index (χ3n) is 8.57. The number of nitriles is 1. The van der Waals surface area contributed by atoms with E-state index in [4.69, 9.17) is 24.0 Å². The molecule has 1 saturated heterocycles. The van der Waals surface area contributed by atoms with Crippen molar-refractivity contribution in [1.82, 2.24) is 44.9 Å². The van der Waals surface area contributed by atoms with Crippen molar-refractivity contribution in [1.29, 1.82) is 5.26 Å². The van der Waals surface area contributed by atoms with Crippen LogP contribution < -0.4 is 14.8 Å². The third kappa shape index (κ3) is 8.62. The largest absolute Gasteiger partial charge is 0.487 e. The molecule has 0 spiro atoms. The van der Waals surface area contributed by atoms with E-state index in [9.17, 15) is 5.26 Å². The maximum atomic E-state index is 9.66. The van der Waals surface area contributed by atoms with Gasteiger partial charge in [-0.25, -0.2) is 14.6 Å². The molecule has 254 valence electrons. The number of benzene rings is 1. The average molecular weight is 658 g/mol. The maximum absolute atomic E-state index is 9.66. The first-order valence-electron chi connectivity index (χ1n) is 16.6. The highest BCUT2D eigenvalue weighted by Crippen LogP contribution is 2.35. The fraction of sp³-hybridized carbons (Fsp3) is 0.545. The molecule has 2 aliphatic rings. The second-order valence-electron chi connectivity index (χ2n) is 12.4. The molecule has 1 N–H and O–H groups in total. The molecule has 2 fully saturated rings. The van der Waals surface area contributed by atoms with Gasteiger partial charge >= 0.3 is 0 Å². The molecule has 4 aromatic rings. The van der Waals surface area contributed by atoms with Gasteiger partial charge in [0.05, 0.1) is 50.3 Å². The predicted molar refractivity (Wildman–Crippen MR) is 176 cm³/mol. The molecular formula is C33H43N11O4. The molecule has 4 heterocycles. The zero-order valence-electron chi connectivity index (χ0n) is 27.7. The summed E-state index contributed by atoms with van der Waals surface area (Å²) in [6.07, 6.45) is 11.2. The molecule has 1 aromatic carbocycles. The zero-order chi connectivity index (χ0) is 33.3. The number of tetrazole rings is 1. The molecule has 1 atom stereocenters. The summed E-state index contributed by atoms with van der Waals surface area (Å²) >= 11 is 0. The van der Waals surface area contributed by atoms with Crippen LogP contribution >= 0.6 is 0 Å². The Kier molecular flexibility index (Phi) is 11.1. The van der Waals surface area contributed by atoms with E-state index < -0.39 is 0 Å². The lowest BCUT2D eigenvalue weighted by Crippen LogP contribution is -2.45. The fourth-order valence-electron chi connectivity index (χ4n) is 6.14. The summed E-state index contributed by atoms with van der Waals surface area (Å²) in [6.45, 7) is 10.9. The summed E-state index contributed by atoms with van der Waals surface area (Å²) in [7, 11) is 0. The molecule has 1 aliphatic carbocycles. The number of nitrogens with zero attached hydrogens (tertiary/aromatic N) is 10. The molecule has 6 rings (SSSR count). The Balaban J connectivity index is 1.13. The van der Waals surface area contributed by atoms with Crippen LogP contribution in [0.3, 0.4) is 0 Å². The molecule has 1 aliphatic heterocycles. The van der Waals surface area contributed by atoms with Gasteiger partial charge in [0.1, 0.15) is 36.5 Å². The normalized spacial score (nSPS) is 19.1. The molecule has 0 amide bonds. The highest BCUT2D eigenvalue weighted by molar-refractivity contribution is 5.67. The van der Waals surface area contributed by atoms with Crippen molar-refractivity contribution in [2.75, 3.05) is 44.8 Å². The van der Waals surface area contributed by atoms with Crippen molar-refractivity contribution in [2.45, 2.75) is 77.3 Å². The SMILES string of the molecule is CC(C)OCCOc1nn(C2CCC(N3CCOCC3)CC2)cc1Nc1ncc(-c2ccc(C#N)c(O[C@@H](C)Cn3cnnn3)c2)cn1. The van der Waals surface area contributed by atoms with Gasteiger partial charge in [0.15, 0.2) is 0 Å². The third-order valence-corrected chi connectivity index (χ3v) is 8.57. The maximum Gasteiger partial charge on any atom is 0.257 e. The van der Waals surface area contributed by atoms with Crippen LogP contribution in [0.2, 0.25) is 0 Å². The van der Waals surface area contributed by atoms with Gasteiger partial charge in [-0.1, -0.05) is 6.07 Å². The van der Waals surface area contributed by atoms with E-state index in [1.54, 1.807) is 23.1 Å². The smallest absolute Gasteiger partial charge is 0.257 e. The Bertz CT molecular complexity index is 1620. The van der Waals surface area contributed by atoms with E-state index in [1.165, 1.54) is 6.33 Å². The zero-order valence-corrected chi connectivity index (χ0v) is 27.7. The second kappa shape index (κ2) is 16.0. The molecular weight excluding hydrogens is 614 g/mol. The number of nitrogens with one attached hydrogen (secondary N) is 1. The molecule has 15 heteroatoms. The molecule has 48 heavy (non-hydrogen) atoms. The van der Waals surface area contributed by atoms with Gasteiger partial charge in [0, 0.05) is 37.1 Å². The minimum Gasteiger partial charge on any atom is -0.487 e. The minimum atomic E-state index is -0.271. The molecule has 0 radical (unpaired) electrons. The lowest BCUT2D eigenvalue weighted by Gasteiger charge is -2.38. The predicted octanol–water partition coefficient (Wildman–Crippen LogP) is 4.03. The average Bonchev–Trinajstić information content (AvgIpc) is 3.77. The first kappa shape index (κ1) is 33.3. The van der Waals surface area contributed by atoms with Crippen LogP contribution in [0, 0.1) is 11.3 Å². The highest BCUT2D eigenvalue weighted by atomic mass is 16.5. The van der Waals surface area contributed by atoms with Crippen LogP contribution in [0.15, 0.2) is 43.1 Å². The van der Waals surface area contributed by atoms with Crippen LogP contribution in [-0.2, 0) is 16.0 Å². The summed E-state index contributed by atoms with van der Waals surface area (Å²) in [5.41, 5.74) is 2.73. The van der Waals surface area contributed by atoms with Crippen LogP contribution in [0.5, 0.6) is 11.6 Å². The molecule has 15 nitrogen and oxygen atoms in total. The van der Waals surface area contributed by atoms with E-state index >= 15 is 0 Å². The lowest BCUT2D eigenvalue weighted by atomic mass is 9.90. The van der Waals surface area contributed by atoms with E-state index in [0.29, 0.717) is 60.7 Å². The number of hydrogen-bond donors (Lipinski definition) is 1. The first-order chi connectivity index (χ1) is 23.4. The Morgan fingerprint density at radius 2 is 1.79 bits per heavy atom. The van der Waals surface area contributed by atoms with Crippen molar-refractivity contribution in [3.05, 3.63) is 48.7 Å². The van der Waals surface area contributed by atoms with Crippen molar-refractivity contribution >= 4 is 11.6 Å². The topological polar surface area (TPSA) is 163 Å². The quantitative estimate of drug-likeness (QED) is 0.194. The first-order valence-corrected chi connectivity index (χ1v) is 16.6. The van der Waals surface area contributed by atoms with Crippen molar-refractivity contribution in [2.24, 2.45) is 0 Å². The van der Waals surface area contributed by atoms with Gasteiger partial charge in [-0.05, 0) is 74.6 Å². The summed E-state index contributed by atoms with van der Waals surface area (Å²) in [6, 6.07) is 8.50. The number of aromatic nitrogens is 8. The van der Waals surface area contributed by atoms with Crippen molar-refractivity contribution in [3.63, 3.8) is 0 Å². The molecule has 0 bridgehead atoms. The summed E-state index contributed by atoms with van der Waals surface area (Å²) in [5.74, 6) is 1.38. The van der Waals surface area contributed by atoms with Crippen LogP contribution in [0.1, 0.15) is 58.1 Å². The van der Waals surface area contributed by atoms with Crippen LogP contribution in [0.25, 0.3) is 11.1 Å². The number of anilines is 2. The Hall–Kier alpha value is -4.65. The summed E-state index contributed by atoms with van der Waals surface area (Å²) in [5, 5.41) is 29.0. The standard InChI is InChI=1S/C33H43N11O4/c1-23(2)46-14-15-47-32-30(21-44(39-32)29-8-6-28(7-9-29)42-10-12-45-13-11-42)38-33-35-18-27(19-36-33)25-4-5-26(17-34)31(16-25)48-24(3)20-43-22-37-40-41-43/h4-5,16,18-19,21-24,28-29H,6-15,20H2,1-3H3,(H,35,36,38)/t24-,28?,29?/m0/s1. The minimum absolute atomic E-state index is 0.122. The van der Waals surface area contributed by atoms with Gasteiger partial charge in [0.25, 0.3) is 5.88 Å². The van der Waals surface area contributed by atoms with Gasteiger partial charge in [-0.3, -0.25) is 9.58 Å². The Morgan fingerprint density at radius 1 is 1.02 bits per heavy atom. The fourth-order valence-corrected chi connectivity index (χ4v) is 6.14. The Morgan fingerprint density at radius 3 is 2.50 bits per heavy atom. The van der Waals surface area contributed by atoms with E-state index in [1.807, 2.05) is 43.8 Å². The number of morpholine rings is 1. The van der Waals surface area contributed by atoms with Crippen molar-refractivity contribution in [3.8, 4) is 28.8 Å². The van der Waals surface area contributed by atoms with Gasteiger partial charge in [0.2, 0.25) is 5.95 Å². The van der Waals surface area contributed by atoms with E-state index in [-0.39, 0.29) is 12.2 Å². The van der Waals surface area contributed by atoms with Gasteiger partial charge in [-0.15, -0.1) is 10.2 Å². The van der Waals surface area contributed by atoms with E-state index in [0.717, 1.165) is 63.1 Å². The Labute approximate surface area is 280 Å². The van der Waals surface area contributed by atoms with E-state index in [2.05, 4.69) is 41.8 Å².